The normalized spacial score (nSPS) is 12.4. The molecule has 0 saturated carbocycles. The highest BCUT2D eigenvalue weighted by molar-refractivity contribution is 14.1. The molecule has 0 saturated heterocycles. The lowest BCUT2D eigenvalue weighted by Gasteiger charge is -2.15. The largest absolute Gasteiger partial charge is 0.507 e. The first-order valence-corrected chi connectivity index (χ1v) is 33.6. The number of alkyl halides is 1. The number of halogens is 1. The third-order valence-corrected chi connectivity index (χ3v) is 13.0. The number of ether oxygens (including phenoxy) is 3. The molecule has 0 fully saturated rings. The van der Waals surface area contributed by atoms with E-state index in [4.69, 9.17) is 19.3 Å². The lowest BCUT2D eigenvalue weighted by Crippen LogP contribution is -2.22. The summed E-state index contributed by atoms with van der Waals surface area (Å²) in [6.07, 6.45) is 66.9. The summed E-state index contributed by atoms with van der Waals surface area (Å²) in [5.41, 5.74) is 0.372. The maximum atomic E-state index is 12.6. The number of aromatic carboxylic acids is 1. The second-order valence-electron chi connectivity index (χ2n) is 20.9. The van der Waals surface area contributed by atoms with Crippen molar-refractivity contribution in [2.45, 2.75) is 232 Å². The summed E-state index contributed by atoms with van der Waals surface area (Å²) in [7, 11) is 0. The van der Waals surface area contributed by atoms with Crippen molar-refractivity contribution in [1.29, 1.82) is 0 Å². The van der Waals surface area contributed by atoms with Gasteiger partial charge in [-0.3, -0.25) is 19.2 Å². The highest BCUT2D eigenvalue weighted by Gasteiger charge is 2.20. The van der Waals surface area contributed by atoms with Crippen LogP contribution in [0.15, 0.2) is 158 Å². The lowest BCUT2D eigenvalue weighted by atomic mass is 10.1. The maximum absolute atomic E-state index is 12.6. The number of carbonyl (C=O) groups is 6. The minimum absolute atomic E-state index is 0.000687. The first-order valence-electron chi connectivity index (χ1n) is 32.3. The summed E-state index contributed by atoms with van der Waals surface area (Å²) in [4.78, 5) is 71.0. The van der Waals surface area contributed by atoms with Gasteiger partial charge in [-0.25, -0.2) is 9.59 Å². The Morgan fingerprint density at radius 1 is 0.427 bits per heavy atom. The van der Waals surface area contributed by atoms with E-state index in [1.807, 2.05) is 6.92 Å². The summed E-state index contributed by atoms with van der Waals surface area (Å²) >= 11 is 2.09. The summed E-state index contributed by atoms with van der Waals surface area (Å²) in [5, 5.41) is 34.0. The smallest absolute Gasteiger partial charge is 0.345 e. The van der Waals surface area contributed by atoms with Crippen LogP contribution in [0, 0.1) is 0 Å². The minimum Gasteiger partial charge on any atom is -0.507 e. The first kappa shape index (κ1) is 82.0. The molecule has 0 spiro atoms. The summed E-state index contributed by atoms with van der Waals surface area (Å²) in [5.74, 6) is -3.56. The number of aromatic hydroxyl groups is 2. The van der Waals surface area contributed by atoms with Gasteiger partial charge in [-0.2, -0.15) is 0 Å². The van der Waals surface area contributed by atoms with Gasteiger partial charge in [0.15, 0.2) is 0 Å². The van der Waals surface area contributed by atoms with Gasteiger partial charge >= 0.3 is 23.9 Å². The van der Waals surface area contributed by atoms with E-state index in [1.54, 1.807) is 0 Å². The van der Waals surface area contributed by atoms with Crippen molar-refractivity contribution in [3.8, 4) is 11.5 Å². The predicted octanol–water partition coefficient (Wildman–Crippen LogP) is 20.3. The van der Waals surface area contributed by atoms with E-state index >= 15 is 0 Å². The molecule has 2 aromatic carbocycles. The van der Waals surface area contributed by atoms with Crippen LogP contribution in [-0.4, -0.2) is 61.4 Å². The summed E-state index contributed by atoms with van der Waals surface area (Å²) < 4.78 is 15.3. The van der Waals surface area contributed by atoms with Crippen LogP contribution in [0.2, 0.25) is 0 Å². The van der Waals surface area contributed by atoms with Crippen molar-refractivity contribution in [2.24, 2.45) is 0 Å². The van der Waals surface area contributed by atoms with Gasteiger partial charge in [0.1, 0.15) is 26.7 Å². The molecule has 89 heavy (non-hydrogen) atoms. The highest BCUT2D eigenvalue weighted by atomic mass is 127. The Morgan fingerprint density at radius 2 is 0.764 bits per heavy atom. The maximum Gasteiger partial charge on any atom is 0.345 e. The Hall–Kier alpha value is -7.01. The fraction of sp³-hybridized carbons (Fsp3) is 0.486. The molecule has 0 heterocycles. The highest BCUT2D eigenvalue weighted by Crippen LogP contribution is 2.24. The van der Waals surface area contributed by atoms with Crippen LogP contribution in [0.1, 0.15) is 242 Å². The molecule has 2 rings (SSSR count). The van der Waals surface area contributed by atoms with Crippen LogP contribution in [0.3, 0.4) is 0 Å². The molecule has 0 aromatic heterocycles. The van der Waals surface area contributed by atoms with Crippen molar-refractivity contribution in [3.63, 3.8) is 0 Å². The number of hydrogen-bond donors (Lipinski definition) is 5. The second-order valence-corrected chi connectivity index (χ2v) is 22.6. The Balaban J connectivity index is 0.00000149. The van der Waals surface area contributed by atoms with Gasteiger partial charge < -0.3 is 40.2 Å². The van der Waals surface area contributed by atoms with Crippen LogP contribution in [0.4, 0.5) is 11.4 Å². The van der Waals surface area contributed by atoms with E-state index in [1.165, 1.54) is 62.6 Å². The Kier molecular flexibility index (Phi) is 54.0. The molecule has 2 amide bonds. The molecule has 0 bridgehead atoms. The fourth-order valence-electron chi connectivity index (χ4n) is 7.98. The van der Waals surface area contributed by atoms with Crippen molar-refractivity contribution < 1.29 is 58.3 Å². The van der Waals surface area contributed by atoms with Gasteiger partial charge in [0.2, 0.25) is 18.1 Å². The first-order chi connectivity index (χ1) is 43.1. The Morgan fingerprint density at radius 3 is 1.12 bits per heavy atom. The number of anilines is 2. The average Bonchev–Trinajstić information content (AvgIpc) is 3.67. The Bertz CT molecular complexity index is 2570. The van der Waals surface area contributed by atoms with Crippen LogP contribution < -0.4 is 10.6 Å². The van der Waals surface area contributed by atoms with Crippen LogP contribution in [0.5, 0.6) is 11.5 Å². The molecule has 0 aliphatic carbocycles. The zero-order valence-electron chi connectivity index (χ0n) is 54.4. The molecular weight excluding hydrogens is 1240 g/mol. The van der Waals surface area contributed by atoms with E-state index in [2.05, 4.69) is 182 Å². The number of phenolic OH excluding ortho intramolecular Hbond substituents is 1. The molecular formula is C74H107IN2O12. The number of amides is 2. The Labute approximate surface area is 547 Å². The van der Waals surface area contributed by atoms with E-state index < -0.39 is 24.2 Å². The summed E-state index contributed by atoms with van der Waals surface area (Å²) in [6.45, 7) is 11.9. The number of rotatable bonds is 45. The number of allylic oxidation sites excluding steroid dienone is 20. The van der Waals surface area contributed by atoms with Gasteiger partial charge in [-0.15, -0.1) is 0 Å². The molecule has 5 N–H and O–H groups in total. The van der Waals surface area contributed by atoms with E-state index in [0.717, 1.165) is 122 Å². The van der Waals surface area contributed by atoms with Crippen molar-refractivity contribution >= 4 is 69.7 Å². The minimum atomic E-state index is -1.24. The molecule has 2 atom stereocenters. The molecule has 14 nitrogen and oxygen atoms in total. The summed E-state index contributed by atoms with van der Waals surface area (Å²) in [6, 6.07) is 8.16. The molecule has 0 radical (unpaired) electrons. The molecule has 2 aromatic rings. The van der Waals surface area contributed by atoms with Crippen molar-refractivity contribution in [2.75, 3.05) is 10.6 Å². The third-order valence-electron chi connectivity index (χ3n) is 12.7. The van der Waals surface area contributed by atoms with Gasteiger partial charge in [-0.05, 0) is 169 Å². The SMILES string of the molecule is CC/C=C\C/C=C\C/C=C\C/C=C\C/C=C\CCCC(=O)Nc1ccc(O)c(C(=O)O)c1.CC/C=C\C/C=C\C/C=C\C/C=C\C/C=C\CCCC(=O)Nc1ccc(O)c(C(=O)OC(C)OC(=O)CCCCCCC)c1.CCCCCCCC(=O)OC(C)I. The zero-order valence-corrected chi connectivity index (χ0v) is 56.5. The number of carboxylic acid groups (broad SMARTS) is 1. The van der Waals surface area contributed by atoms with E-state index in [-0.39, 0.29) is 50.9 Å². The van der Waals surface area contributed by atoms with Crippen molar-refractivity contribution in [1.82, 2.24) is 0 Å². The lowest BCUT2D eigenvalue weighted by molar-refractivity contribution is -0.165. The number of carboxylic acids is 1. The number of unbranched alkanes of at least 4 members (excludes halogenated alkanes) is 10. The number of nitrogens with one attached hydrogen (secondary N) is 2. The van der Waals surface area contributed by atoms with E-state index in [0.29, 0.717) is 43.5 Å². The van der Waals surface area contributed by atoms with Gasteiger partial charge in [-0.1, -0.05) is 201 Å². The average molecular weight is 1340 g/mol. The third kappa shape index (κ3) is 51.6. The number of hydrogen-bond acceptors (Lipinski definition) is 11. The van der Waals surface area contributed by atoms with Gasteiger partial charge in [0.25, 0.3) is 0 Å². The predicted molar refractivity (Wildman–Crippen MR) is 374 cm³/mol. The molecule has 2 unspecified atom stereocenters. The standard InChI is InChI=1S/C37H53NO6.C27H35NO4.C10H19IO2/c1-4-6-8-10-11-12-13-14-15-16-17-18-19-20-21-23-24-26-35(40)38-32-28-29-34(39)33(30-32)37(42)44-31(3)43-36(41)27-25-22-9-7-5-2;1-2-3-4-5-6-7-8-9-10-11-12-13-14-15-16-17-18-19-26(30)28-23-20-21-25(29)24(22-23)27(31)32;1-3-4-5-6-7-8-10(12)13-9(2)11/h6,8,11-12,14-15,17-18,20-21,28-31,39H,4-5,7,9-10,13,16,19,22-27H2,1-3H3,(H,38,40);3-4,6-7,9-10,12-13,15-16,20-22,29H,2,5,8,11,14,17-19H2,1H3,(H,28,30)(H,31,32);9H,3-8H2,1-2H3/b8-6-,12-11-,15-14-,18-17-,21-20-;4-3-,7-6-,10-9-,13-12-,16-15-;. The monoisotopic (exact) mass is 1340 g/mol. The van der Waals surface area contributed by atoms with Crippen LogP contribution in [0.25, 0.3) is 0 Å². The number of benzene rings is 2. The molecule has 15 heteroatoms. The number of phenols is 2. The molecule has 492 valence electrons. The number of carbonyl (C=O) groups excluding carboxylic acids is 5. The fourth-order valence-corrected chi connectivity index (χ4v) is 8.26. The molecule has 0 aliphatic heterocycles. The zero-order chi connectivity index (χ0) is 65.8. The van der Waals surface area contributed by atoms with Gasteiger partial charge in [0.05, 0.1) is 0 Å². The van der Waals surface area contributed by atoms with Crippen LogP contribution >= 0.6 is 22.6 Å². The van der Waals surface area contributed by atoms with Crippen molar-refractivity contribution in [3.05, 3.63) is 169 Å². The quantitative estimate of drug-likeness (QED) is 0.00797. The number of esters is 3. The topological polar surface area (TPSA) is 215 Å². The van der Waals surface area contributed by atoms with Crippen LogP contribution in [-0.2, 0) is 33.4 Å². The van der Waals surface area contributed by atoms with Gasteiger partial charge in [0, 0.05) is 44.0 Å². The van der Waals surface area contributed by atoms with E-state index in [9.17, 15) is 39.0 Å². The second kappa shape index (κ2) is 58.7. The molecule has 0 aliphatic rings.